The maximum Gasteiger partial charge on any atom is 0.376 e. The summed E-state index contributed by atoms with van der Waals surface area (Å²) in [5, 5.41) is 7.47. The number of hydrogen-bond donors (Lipinski definition) is 0. The van der Waals surface area contributed by atoms with Gasteiger partial charge in [-0.15, -0.1) is 10.2 Å². The molecular formula is C13H13F2N3O2. The smallest absolute Gasteiger partial charge is 0.376 e. The summed E-state index contributed by atoms with van der Waals surface area (Å²) in [6.45, 7) is 3.43. The Bertz CT molecular complexity index is 641. The summed E-state index contributed by atoms with van der Waals surface area (Å²) >= 11 is 0. The summed E-state index contributed by atoms with van der Waals surface area (Å²) in [5.74, 6) is -1.38. The standard InChI is InChI=1S/C13H13F2N3O2/c1-3-20-13(19)12-17-16-8(2)18(12)7-9-6-10(14)4-5-11(9)15/h4-6H,3,7H2,1-2H3. The summed E-state index contributed by atoms with van der Waals surface area (Å²) < 4.78 is 33.0. The number of benzene rings is 1. The Balaban J connectivity index is 2.36. The van der Waals surface area contributed by atoms with E-state index in [1.54, 1.807) is 13.8 Å². The van der Waals surface area contributed by atoms with Crippen LogP contribution in [0.2, 0.25) is 0 Å². The van der Waals surface area contributed by atoms with E-state index in [9.17, 15) is 13.6 Å². The predicted molar refractivity (Wildman–Crippen MR) is 66.2 cm³/mol. The molecule has 0 aliphatic carbocycles. The van der Waals surface area contributed by atoms with Crippen LogP contribution in [0.15, 0.2) is 18.2 Å². The first-order chi connectivity index (χ1) is 9.52. The van der Waals surface area contributed by atoms with Crippen LogP contribution in [0.1, 0.15) is 28.9 Å². The lowest BCUT2D eigenvalue weighted by Gasteiger charge is -2.09. The van der Waals surface area contributed by atoms with E-state index in [4.69, 9.17) is 4.74 Å². The zero-order chi connectivity index (χ0) is 14.7. The summed E-state index contributed by atoms with van der Waals surface area (Å²) in [6, 6.07) is 3.14. The Labute approximate surface area is 114 Å². The second-order valence-corrected chi connectivity index (χ2v) is 4.11. The topological polar surface area (TPSA) is 57.0 Å². The van der Waals surface area contributed by atoms with E-state index in [0.29, 0.717) is 5.82 Å². The largest absolute Gasteiger partial charge is 0.460 e. The molecule has 0 aliphatic rings. The Morgan fingerprint density at radius 1 is 1.35 bits per heavy atom. The monoisotopic (exact) mass is 281 g/mol. The van der Waals surface area contributed by atoms with Gasteiger partial charge in [-0.3, -0.25) is 0 Å². The third-order valence-corrected chi connectivity index (χ3v) is 2.73. The second-order valence-electron chi connectivity index (χ2n) is 4.11. The van der Waals surface area contributed by atoms with Crippen LogP contribution in [-0.2, 0) is 11.3 Å². The van der Waals surface area contributed by atoms with Crippen LogP contribution < -0.4 is 0 Å². The molecule has 0 saturated carbocycles. The van der Waals surface area contributed by atoms with Crippen molar-refractivity contribution in [2.45, 2.75) is 20.4 Å². The predicted octanol–water partition coefficient (Wildman–Crippen LogP) is 2.09. The van der Waals surface area contributed by atoms with Crippen molar-refractivity contribution in [2.24, 2.45) is 0 Å². The van der Waals surface area contributed by atoms with Crippen molar-refractivity contribution >= 4 is 5.97 Å². The first-order valence-corrected chi connectivity index (χ1v) is 6.03. The quantitative estimate of drug-likeness (QED) is 0.805. The minimum atomic E-state index is -0.648. The van der Waals surface area contributed by atoms with E-state index < -0.39 is 17.6 Å². The van der Waals surface area contributed by atoms with Crippen LogP contribution in [0.4, 0.5) is 8.78 Å². The highest BCUT2D eigenvalue weighted by atomic mass is 19.1. The molecule has 0 aliphatic heterocycles. The maximum atomic E-state index is 13.6. The molecule has 0 radical (unpaired) electrons. The number of halogens is 2. The van der Waals surface area contributed by atoms with E-state index in [2.05, 4.69) is 10.2 Å². The van der Waals surface area contributed by atoms with Crippen molar-refractivity contribution in [3.63, 3.8) is 0 Å². The molecule has 1 aromatic carbocycles. The van der Waals surface area contributed by atoms with E-state index in [-0.39, 0.29) is 24.5 Å². The van der Waals surface area contributed by atoms with Crippen LogP contribution in [0.5, 0.6) is 0 Å². The summed E-state index contributed by atoms with van der Waals surface area (Å²) in [6.07, 6.45) is 0. The molecule has 1 aromatic heterocycles. The van der Waals surface area contributed by atoms with Gasteiger partial charge in [0, 0.05) is 5.56 Å². The zero-order valence-corrected chi connectivity index (χ0v) is 11.1. The number of hydrogen-bond acceptors (Lipinski definition) is 4. The number of esters is 1. The van der Waals surface area contributed by atoms with Gasteiger partial charge in [0.1, 0.15) is 17.5 Å². The minimum Gasteiger partial charge on any atom is -0.460 e. The van der Waals surface area contributed by atoms with Crippen LogP contribution in [0, 0.1) is 18.6 Å². The Kier molecular flexibility index (Phi) is 4.07. The Hall–Kier alpha value is -2.31. The molecule has 7 heteroatoms. The minimum absolute atomic E-state index is 0.0342. The molecule has 0 saturated heterocycles. The van der Waals surface area contributed by atoms with Crippen molar-refractivity contribution in [3.05, 3.63) is 47.0 Å². The van der Waals surface area contributed by atoms with Crippen molar-refractivity contribution in [1.29, 1.82) is 0 Å². The van der Waals surface area contributed by atoms with Crippen molar-refractivity contribution in [1.82, 2.24) is 14.8 Å². The van der Waals surface area contributed by atoms with Crippen molar-refractivity contribution in [3.8, 4) is 0 Å². The van der Waals surface area contributed by atoms with Crippen LogP contribution in [-0.4, -0.2) is 27.3 Å². The molecular weight excluding hydrogens is 268 g/mol. The summed E-state index contributed by atoms with van der Waals surface area (Å²) in [7, 11) is 0. The van der Waals surface area contributed by atoms with Crippen molar-refractivity contribution in [2.75, 3.05) is 6.61 Å². The Morgan fingerprint density at radius 2 is 2.10 bits per heavy atom. The SMILES string of the molecule is CCOC(=O)c1nnc(C)n1Cc1cc(F)ccc1F. The number of aryl methyl sites for hydroxylation is 1. The second kappa shape index (κ2) is 5.77. The van der Waals surface area contributed by atoms with Crippen molar-refractivity contribution < 1.29 is 18.3 Å². The third kappa shape index (κ3) is 2.81. The number of ether oxygens (including phenoxy) is 1. The molecule has 20 heavy (non-hydrogen) atoms. The molecule has 0 amide bonds. The lowest BCUT2D eigenvalue weighted by Crippen LogP contribution is -2.15. The van der Waals surface area contributed by atoms with E-state index >= 15 is 0 Å². The molecule has 0 fully saturated rings. The van der Waals surface area contributed by atoms with Gasteiger partial charge in [-0.1, -0.05) is 0 Å². The fraction of sp³-hybridized carbons (Fsp3) is 0.308. The molecule has 2 rings (SSSR count). The molecule has 0 unspecified atom stereocenters. The van der Waals surface area contributed by atoms with Crippen LogP contribution >= 0.6 is 0 Å². The normalized spacial score (nSPS) is 10.6. The molecule has 0 atom stereocenters. The van der Waals surface area contributed by atoms with E-state index in [1.807, 2.05) is 0 Å². The van der Waals surface area contributed by atoms with E-state index in [1.165, 1.54) is 4.57 Å². The van der Waals surface area contributed by atoms with Gasteiger partial charge in [0.05, 0.1) is 13.2 Å². The van der Waals surface area contributed by atoms with Gasteiger partial charge in [0.25, 0.3) is 0 Å². The Morgan fingerprint density at radius 3 is 2.80 bits per heavy atom. The number of carbonyl (C=O) groups is 1. The van der Waals surface area contributed by atoms with Gasteiger partial charge in [-0.2, -0.15) is 0 Å². The first kappa shape index (κ1) is 14.1. The van der Waals surface area contributed by atoms with Crippen LogP contribution in [0.25, 0.3) is 0 Å². The molecule has 1 heterocycles. The van der Waals surface area contributed by atoms with E-state index in [0.717, 1.165) is 18.2 Å². The highest BCUT2D eigenvalue weighted by Crippen LogP contribution is 2.14. The van der Waals surface area contributed by atoms with Crippen LogP contribution in [0.3, 0.4) is 0 Å². The molecule has 0 N–H and O–H groups in total. The summed E-state index contributed by atoms with van der Waals surface area (Å²) in [5.41, 5.74) is 0.110. The summed E-state index contributed by atoms with van der Waals surface area (Å²) in [4.78, 5) is 11.7. The average Bonchev–Trinajstić information content (AvgIpc) is 2.76. The zero-order valence-electron chi connectivity index (χ0n) is 11.1. The van der Waals surface area contributed by atoms with Gasteiger partial charge in [0.15, 0.2) is 0 Å². The number of rotatable bonds is 4. The highest BCUT2D eigenvalue weighted by Gasteiger charge is 2.19. The third-order valence-electron chi connectivity index (χ3n) is 2.73. The molecule has 2 aromatic rings. The first-order valence-electron chi connectivity index (χ1n) is 6.03. The van der Waals surface area contributed by atoms with Gasteiger partial charge in [-0.05, 0) is 32.0 Å². The molecule has 0 bridgehead atoms. The number of nitrogens with zero attached hydrogens (tertiary/aromatic N) is 3. The fourth-order valence-corrected chi connectivity index (χ4v) is 1.75. The lowest BCUT2D eigenvalue weighted by atomic mass is 10.2. The molecule has 0 spiro atoms. The number of carbonyl (C=O) groups excluding carboxylic acids is 1. The lowest BCUT2D eigenvalue weighted by molar-refractivity contribution is 0.0506. The average molecular weight is 281 g/mol. The highest BCUT2D eigenvalue weighted by molar-refractivity contribution is 5.85. The van der Waals surface area contributed by atoms with Gasteiger partial charge >= 0.3 is 5.97 Å². The molecule has 106 valence electrons. The van der Waals surface area contributed by atoms with Gasteiger partial charge in [-0.25, -0.2) is 13.6 Å². The number of aromatic nitrogens is 3. The van der Waals surface area contributed by atoms with Gasteiger partial charge < -0.3 is 9.30 Å². The molecule has 5 nitrogen and oxygen atoms in total. The van der Waals surface area contributed by atoms with Gasteiger partial charge in [0.2, 0.25) is 5.82 Å². The fourth-order valence-electron chi connectivity index (χ4n) is 1.75. The maximum absolute atomic E-state index is 13.6.